The Hall–Kier alpha value is -2.15. The lowest BCUT2D eigenvalue weighted by atomic mass is 9.78. The van der Waals surface area contributed by atoms with E-state index in [0.29, 0.717) is 18.4 Å². The van der Waals surface area contributed by atoms with Crippen molar-refractivity contribution in [1.29, 1.82) is 5.26 Å². The maximum absolute atomic E-state index is 12.8. The van der Waals surface area contributed by atoms with Crippen LogP contribution in [0.5, 0.6) is 0 Å². The van der Waals surface area contributed by atoms with E-state index in [1.54, 1.807) is 25.1 Å². The van der Waals surface area contributed by atoms with E-state index in [-0.39, 0.29) is 11.7 Å². The number of nitrogens with one attached hydrogen (secondary N) is 1. The highest BCUT2D eigenvalue weighted by atomic mass is 19.1. The van der Waals surface area contributed by atoms with Gasteiger partial charge in [-0.3, -0.25) is 4.79 Å². The average Bonchev–Trinajstić information content (AvgIpc) is 2.36. The number of hydrogen-bond acceptors (Lipinski definition) is 2. The van der Waals surface area contributed by atoms with Gasteiger partial charge in [-0.05, 0) is 50.0 Å². The lowest BCUT2D eigenvalue weighted by molar-refractivity contribution is -0.119. The minimum Gasteiger partial charge on any atom is -0.334 e. The average molecular weight is 258 g/mol. The maximum Gasteiger partial charge on any atom is 0.248 e. The van der Waals surface area contributed by atoms with Crippen molar-refractivity contribution in [2.75, 3.05) is 0 Å². The minimum absolute atomic E-state index is 0.245. The molecule has 3 nitrogen and oxygen atoms in total. The molecule has 1 aliphatic rings. The Labute approximate surface area is 111 Å². The van der Waals surface area contributed by atoms with Crippen molar-refractivity contribution in [3.63, 3.8) is 0 Å². The molecule has 4 heteroatoms. The summed E-state index contributed by atoms with van der Waals surface area (Å²) in [7, 11) is 0. The van der Waals surface area contributed by atoms with Gasteiger partial charge in [0, 0.05) is 5.57 Å². The van der Waals surface area contributed by atoms with Crippen LogP contribution in [-0.4, -0.2) is 11.4 Å². The Kier molecular flexibility index (Phi) is 3.66. The first-order valence-corrected chi connectivity index (χ1v) is 6.22. The van der Waals surface area contributed by atoms with E-state index in [2.05, 4.69) is 11.4 Å². The molecule has 1 aliphatic carbocycles. The number of rotatable bonds is 3. The quantitative estimate of drug-likeness (QED) is 0.847. The van der Waals surface area contributed by atoms with Gasteiger partial charge >= 0.3 is 0 Å². The van der Waals surface area contributed by atoms with Gasteiger partial charge in [0.1, 0.15) is 11.4 Å². The largest absolute Gasteiger partial charge is 0.334 e. The van der Waals surface area contributed by atoms with E-state index < -0.39 is 5.54 Å². The van der Waals surface area contributed by atoms with Crippen LogP contribution in [0.25, 0.3) is 6.08 Å². The fourth-order valence-corrected chi connectivity index (χ4v) is 1.99. The van der Waals surface area contributed by atoms with Crippen molar-refractivity contribution < 1.29 is 9.18 Å². The molecule has 0 aromatic heterocycles. The predicted molar refractivity (Wildman–Crippen MR) is 70.4 cm³/mol. The third kappa shape index (κ3) is 3.00. The second-order valence-corrected chi connectivity index (χ2v) is 4.88. The molecule has 0 saturated heterocycles. The number of hydrogen-bond donors (Lipinski definition) is 1. The van der Waals surface area contributed by atoms with Crippen LogP contribution in [-0.2, 0) is 4.79 Å². The molecule has 0 radical (unpaired) electrons. The van der Waals surface area contributed by atoms with Gasteiger partial charge in [0.2, 0.25) is 5.91 Å². The summed E-state index contributed by atoms with van der Waals surface area (Å²) in [5.74, 6) is -0.553. The molecule has 19 heavy (non-hydrogen) atoms. The Morgan fingerprint density at radius 1 is 1.42 bits per heavy atom. The van der Waals surface area contributed by atoms with Gasteiger partial charge in [-0.2, -0.15) is 5.26 Å². The Bertz CT molecular complexity index is 551. The SMILES string of the molecule is C/C(=C\c1ccc(F)cc1)C(=O)NC1(C#N)CCC1. The lowest BCUT2D eigenvalue weighted by Crippen LogP contribution is -2.52. The second kappa shape index (κ2) is 5.23. The first-order valence-electron chi connectivity index (χ1n) is 6.22. The molecule has 0 unspecified atom stereocenters. The number of nitrogens with zero attached hydrogens (tertiary/aromatic N) is 1. The molecular formula is C15H15FN2O. The van der Waals surface area contributed by atoms with Crippen LogP contribution < -0.4 is 5.32 Å². The molecule has 1 saturated carbocycles. The van der Waals surface area contributed by atoms with E-state index in [1.165, 1.54) is 12.1 Å². The van der Waals surface area contributed by atoms with Crippen LogP contribution in [0, 0.1) is 17.1 Å². The molecule has 0 atom stereocenters. The molecule has 0 aliphatic heterocycles. The molecule has 1 amide bonds. The highest BCUT2D eigenvalue weighted by Gasteiger charge is 2.38. The van der Waals surface area contributed by atoms with Crippen molar-refractivity contribution in [3.8, 4) is 6.07 Å². The van der Waals surface area contributed by atoms with Gasteiger partial charge in [0.05, 0.1) is 6.07 Å². The van der Waals surface area contributed by atoms with Gasteiger partial charge in [-0.25, -0.2) is 4.39 Å². The summed E-state index contributed by atoms with van der Waals surface area (Å²) in [5, 5.41) is 11.8. The minimum atomic E-state index is -0.686. The van der Waals surface area contributed by atoms with Gasteiger partial charge in [0.15, 0.2) is 0 Å². The zero-order valence-electron chi connectivity index (χ0n) is 10.7. The summed E-state index contributed by atoms with van der Waals surface area (Å²) in [5.41, 5.74) is 0.580. The van der Waals surface area contributed by atoms with Crippen LogP contribution in [0.3, 0.4) is 0 Å². The first kappa shape index (κ1) is 13.3. The highest BCUT2D eigenvalue weighted by molar-refractivity contribution is 5.97. The van der Waals surface area contributed by atoms with Gasteiger partial charge in [-0.15, -0.1) is 0 Å². The number of carbonyl (C=O) groups is 1. The Morgan fingerprint density at radius 3 is 2.53 bits per heavy atom. The van der Waals surface area contributed by atoms with E-state index in [0.717, 1.165) is 12.0 Å². The van der Waals surface area contributed by atoms with Crippen molar-refractivity contribution in [2.24, 2.45) is 0 Å². The summed E-state index contributed by atoms with van der Waals surface area (Å²) in [6, 6.07) is 8.07. The van der Waals surface area contributed by atoms with E-state index >= 15 is 0 Å². The zero-order chi connectivity index (χ0) is 13.9. The normalized spacial score (nSPS) is 17.2. The van der Waals surface area contributed by atoms with Crippen molar-refractivity contribution >= 4 is 12.0 Å². The van der Waals surface area contributed by atoms with Gasteiger partial charge < -0.3 is 5.32 Å². The smallest absolute Gasteiger partial charge is 0.248 e. The maximum atomic E-state index is 12.8. The van der Waals surface area contributed by atoms with Gasteiger partial charge in [0.25, 0.3) is 0 Å². The monoisotopic (exact) mass is 258 g/mol. The van der Waals surface area contributed by atoms with Crippen molar-refractivity contribution in [1.82, 2.24) is 5.32 Å². The third-order valence-corrected chi connectivity index (χ3v) is 3.39. The summed E-state index contributed by atoms with van der Waals surface area (Å²) in [6.07, 6.45) is 4.06. The van der Waals surface area contributed by atoms with E-state index in [9.17, 15) is 9.18 Å². The molecule has 1 aromatic rings. The summed E-state index contributed by atoms with van der Waals surface area (Å²) < 4.78 is 12.8. The van der Waals surface area contributed by atoms with Crippen molar-refractivity contribution in [2.45, 2.75) is 31.7 Å². The number of nitriles is 1. The fourth-order valence-electron chi connectivity index (χ4n) is 1.99. The molecule has 98 valence electrons. The summed E-state index contributed by atoms with van der Waals surface area (Å²) in [6.45, 7) is 1.68. The number of carbonyl (C=O) groups excluding carboxylic acids is 1. The van der Waals surface area contributed by atoms with Crippen LogP contribution in [0.2, 0.25) is 0 Å². The van der Waals surface area contributed by atoms with E-state index in [1.807, 2.05) is 0 Å². The Balaban J connectivity index is 2.07. The molecule has 0 spiro atoms. The van der Waals surface area contributed by atoms with Crippen LogP contribution >= 0.6 is 0 Å². The lowest BCUT2D eigenvalue weighted by Gasteiger charge is -2.35. The fraction of sp³-hybridized carbons (Fsp3) is 0.333. The molecule has 1 aromatic carbocycles. The summed E-state index contributed by atoms with van der Waals surface area (Å²) in [4.78, 5) is 12.0. The topological polar surface area (TPSA) is 52.9 Å². The second-order valence-electron chi connectivity index (χ2n) is 4.88. The van der Waals surface area contributed by atoms with Crippen molar-refractivity contribution in [3.05, 3.63) is 41.2 Å². The molecular weight excluding hydrogens is 243 g/mol. The van der Waals surface area contributed by atoms with Crippen LogP contribution in [0.1, 0.15) is 31.7 Å². The third-order valence-electron chi connectivity index (χ3n) is 3.39. The molecule has 0 bridgehead atoms. The number of halogens is 1. The zero-order valence-corrected chi connectivity index (χ0v) is 10.7. The van der Waals surface area contributed by atoms with E-state index in [4.69, 9.17) is 5.26 Å². The van der Waals surface area contributed by atoms with Crippen LogP contribution in [0.4, 0.5) is 4.39 Å². The summed E-state index contributed by atoms with van der Waals surface area (Å²) >= 11 is 0. The number of amides is 1. The highest BCUT2D eigenvalue weighted by Crippen LogP contribution is 2.31. The first-order chi connectivity index (χ1) is 9.04. The Morgan fingerprint density at radius 2 is 2.05 bits per heavy atom. The molecule has 0 heterocycles. The standard InChI is InChI=1S/C15H15FN2O/c1-11(9-12-3-5-13(16)6-4-12)14(19)18-15(10-17)7-2-8-15/h3-6,9H,2,7-8H2,1H3,(H,18,19)/b11-9+. The van der Waals surface area contributed by atoms with Crippen LogP contribution in [0.15, 0.2) is 29.8 Å². The predicted octanol–water partition coefficient (Wildman–Crippen LogP) is 2.79. The van der Waals surface area contributed by atoms with Gasteiger partial charge in [-0.1, -0.05) is 12.1 Å². The molecule has 1 N–H and O–H groups in total. The molecule has 2 rings (SSSR count). The molecule has 1 fully saturated rings. The number of benzene rings is 1.